The van der Waals surface area contributed by atoms with Gasteiger partial charge >= 0.3 is 0 Å². The van der Waals surface area contributed by atoms with Gasteiger partial charge in [0.2, 0.25) is 0 Å². The molecule has 0 spiro atoms. The second-order valence-electron chi connectivity index (χ2n) is 2.00. The van der Waals surface area contributed by atoms with Crippen LogP contribution in [0.2, 0.25) is 0 Å². The van der Waals surface area contributed by atoms with E-state index >= 15 is 0 Å². The molecule has 0 aromatic carbocycles. The smallest absolute Gasteiger partial charge is 0.290 e. The minimum atomic E-state index is -0.250. The number of ketones is 1. The van der Waals surface area contributed by atoms with Crippen LogP contribution in [0.25, 0.3) is 0 Å². The zero-order chi connectivity index (χ0) is 9.28. The summed E-state index contributed by atoms with van der Waals surface area (Å²) in [5.74, 6) is 0.0821. The molecule has 4 nitrogen and oxygen atoms in total. The van der Waals surface area contributed by atoms with Crippen LogP contribution in [0.5, 0.6) is 0 Å². The number of allylic oxidation sites excluding steroid dienone is 1. The van der Waals surface area contributed by atoms with Crippen LogP contribution < -0.4 is 0 Å². The Morgan fingerprint density at radius 3 is 1.91 bits per heavy atom. The number of hydrogen-bond acceptors (Lipinski definition) is 3. The summed E-state index contributed by atoms with van der Waals surface area (Å²) in [5, 5.41) is 6.89. The van der Waals surface area contributed by atoms with E-state index in [0.29, 0.717) is 0 Å². The Bertz CT molecular complexity index is 141. The highest BCUT2D eigenvalue weighted by molar-refractivity contribution is 5.87. The van der Waals surface area contributed by atoms with E-state index in [0.717, 1.165) is 0 Å². The molecule has 0 amide bonds. The van der Waals surface area contributed by atoms with Crippen molar-refractivity contribution < 1.29 is 14.7 Å². The van der Waals surface area contributed by atoms with Crippen molar-refractivity contribution >= 4 is 12.3 Å². The summed E-state index contributed by atoms with van der Waals surface area (Å²) in [4.78, 5) is 20.4. The lowest BCUT2D eigenvalue weighted by molar-refractivity contribution is -0.122. The molecule has 0 saturated carbocycles. The second kappa shape index (κ2) is 8.68. The van der Waals surface area contributed by atoms with Crippen LogP contribution in [0, 0.1) is 0 Å². The van der Waals surface area contributed by atoms with Crippen LogP contribution in [0.3, 0.4) is 0 Å². The molecular weight excluding hydrogens is 146 g/mol. The first kappa shape index (κ1) is 12.4. The first-order valence-corrected chi connectivity index (χ1v) is 2.97. The van der Waals surface area contributed by atoms with Crippen LogP contribution >= 0.6 is 0 Å². The van der Waals surface area contributed by atoms with E-state index in [1.54, 1.807) is 6.20 Å². The van der Waals surface area contributed by atoms with E-state index in [-0.39, 0.29) is 12.3 Å². The van der Waals surface area contributed by atoms with E-state index < -0.39 is 0 Å². The Morgan fingerprint density at radius 1 is 1.45 bits per heavy atom. The molecule has 0 aliphatic rings. The molecule has 0 aliphatic carbocycles. The van der Waals surface area contributed by atoms with Crippen molar-refractivity contribution in [3.63, 3.8) is 0 Å². The maximum absolute atomic E-state index is 10.2. The van der Waals surface area contributed by atoms with Gasteiger partial charge in [0.05, 0.1) is 0 Å². The molecule has 4 heteroatoms. The van der Waals surface area contributed by atoms with Gasteiger partial charge in [0.1, 0.15) is 0 Å². The van der Waals surface area contributed by atoms with Crippen molar-refractivity contribution in [1.82, 2.24) is 4.90 Å². The van der Waals surface area contributed by atoms with Crippen LogP contribution in [0.4, 0.5) is 0 Å². The second-order valence-corrected chi connectivity index (χ2v) is 2.00. The topological polar surface area (TPSA) is 57.6 Å². The molecule has 0 saturated heterocycles. The summed E-state index contributed by atoms with van der Waals surface area (Å²) >= 11 is 0. The zero-order valence-electron chi connectivity index (χ0n) is 6.94. The van der Waals surface area contributed by atoms with Crippen LogP contribution in [-0.2, 0) is 9.59 Å². The predicted molar refractivity (Wildman–Crippen MR) is 42.2 cm³/mol. The third kappa shape index (κ3) is 28.6. The highest BCUT2D eigenvalue weighted by Crippen LogP contribution is 1.77. The normalized spacial score (nSPS) is 8.27. The molecule has 0 radical (unpaired) electrons. The number of rotatable bonds is 2. The van der Waals surface area contributed by atoms with E-state index in [1.165, 1.54) is 13.0 Å². The van der Waals surface area contributed by atoms with Gasteiger partial charge in [0.15, 0.2) is 5.78 Å². The molecule has 1 N–H and O–H groups in total. The van der Waals surface area contributed by atoms with Gasteiger partial charge in [0.25, 0.3) is 6.47 Å². The molecule has 0 atom stereocenters. The maximum atomic E-state index is 10.2. The standard InChI is InChI=1S/C6H11NO.CH2O2/c1-6(8)4-5-7(2)3;2-1-3/h4-5H,1-3H3;1H,(H,2,3)/b5-4+;. The molecule has 0 heterocycles. The molecule has 0 aromatic heterocycles. The average molecular weight is 159 g/mol. The highest BCUT2D eigenvalue weighted by Gasteiger charge is 1.79. The quantitative estimate of drug-likeness (QED) is 0.466. The molecule has 0 fully saturated rings. The minimum Gasteiger partial charge on any atom is -0.483 e. The number of carbonyl (C=O) groups excluding carboxylic acids is 1. The van der Waals surface area contributed by atoms with Gasteiger partial charge in [0, 0.05) is 20.3 Å². The zero-order valence-corrected chi connectivity index (χ0v) is 6.94. The van der Waals surface area contributed by atoms with Crippen molar-refractivity contribution in [3.05, 3.63) is 12.3 Å². The average Bonchev–Trinajstić information content (AvgIpc) is 1.85. The van der Waals surface area contributed by atoms with Crippen molar-refractivity contribution in [3.8, 4) is 0 Å². The van der Waals surface area contributed by atoms with Crippen LogP contribution in [0.15, 0.2) is 12.3 Å². The Kier molecular flexibility index (Phi) is 9.76. The predicted octanol–water partition coefficient (Wildman–Crippen LogP) is 0.352. The van der Waals surface area contributed by atoms with E-state index in [1.807, 2.05) is 19.0 Å². The van der Waals surface area contributed by atoms with Gasteiger partial charge in [-0.25, -0.2) is 0 Å². The van der Waals surface area contributed by atoms with Gasteiger partial charge in [-0.05, 0) is 13.0 Å². The fourth-order valence-electron chi connectivity index (χ4n) is 0.254. The van der Waals surface area contributed by atoms with Gasteiger partial charge in [-0.1, -0.05) is 0 Å². The monoisotopic (exact) mass is 159 g/mol. The number of carbonyl (C=O) groups is 2. The number of hydrogen-bond donors (Lipinski definition) is 1. The van der Waals surface area contributed by atoms with Gasteiger partial charge in [-0.3, -0.25) is 9.59 Å². The molecular formula is C7H13NO3. The SMILES string of the molecule is CC(=O)/C=C/N(C)C.O=CO. The summed E-state index contributed by atoms with van der Waals surface area (Å²) in [6, 6.07) is 0. The molecule has 64 valence electrons. The molecule has 0 bridgehead atoms. The summed E-state index contributed by atoms with van der Waals surface area (Å²) in [6.07, 6.45) is 3.25. The lowest BCUT2D eigenvalue weighted by atomic mass is 10.4. The first-order chi connectivity index (χ1) is 5.04. The Hall–Kier alpha value is -1.32. The Labute approximate surface area is 66.1 Å². The van der Waals surface area contributed by atoms with Crippen LogP contribution in [-0.4, -0.2) is 36.4 Å². The largest absolute Gasteiger partial charge is 0.483 e. The van der Waals surface area contributed by atoms with Gasteiger partial charge in [-0.2, -0.15) is 0 Å². The number of carboxylic acid groups (broad SMARTS) is 1. The van der Waals surface area contributed by atoms with E-state index in [9.17, 15) is 4.79 Å². The van der Waals surface area contributed by atoms with Crippen molar-refractivity contribution in [2.24, 2.45) is 0 Å². The summed E-state index contributed by atoms with van der Waals surface area (Å²) in [6.45, 7) is 1.28. The lowest BCUT2D eigenvalue weighted by Crippen LogP contribution is -2.01. The highest BCUT2D eigenvalue weighted by atomic mass is 16.3. The van der Waals surface area contributed by atoms with E-state index in [2.05, 4.69) is 0 Å². The fraction of sp³-hybridized carbons (Fsp3) is 0.429. The fourth-order valence-corrected chi connectivity index (χ4v) is 0.254. The summed E-state index contributed by atoms with van der Waals surface area (Å²) < 4.78 is 0. The first-order valence-electron chi connectivity index (χ1n) is 2.97. The molecule has 0 aliphatic heterocycles. The lowest BCUT2D eigenvalue weighted by Gasteiger charge is -2.00. The van der Waals surface area contributed by atoms with Crippen LogP contribution in [0.1, 0.15) is 6.92 Å². The molecule has 0 aromatic rings. The Morgan fingerprint density at radius 2 is 1.82 bits per heavy atom. The summed E-state index contributed by atoms with van der Waals surface area (Å²) in [5.41, 5.74) is 0. The summed E-state index contributed by atoms with van der Waals surface area (Å²) in [7, 11) is 3.75. The van der Waals surface area contributed by atoms with Crippen molar-refractivity contribution in [1.29, 1.82) is 0 Å². The van der Waals surface area contributed by atoms with Gasteiger partial charge < -0.3 is 10.0 Å². The third-order valence-corrected chi connectivity index (χ3v) is 0.607. The van der Waals surface area contributed by atoms with Gasteiger partial charge in [-0.15, -0.1) is 0 Å². The van der Waals surface area contributed by atoms with Crippen molar-refractivity contribution in [2.75, 3.05) is 14.1 Å². The molecule has 0 unspecified atom stereocenters. The number of nitrogens with zero attached hydrogens (tertiary/aromatic N) is 1. The van der Waals surface area contributed by atoms with Crippen molar-refractivity contribution in [2.45, 2.75) is 6.92 Å². The Balaban J connectivity index is 0. The maximum Gasteiger partial charge on any atom is 0.290 e. The third-order valence-electron chi connectivity index (χ3n) is 0.607. The molecule has 11 heavy (non-hydrogen) atoms. The van der Waals surface area contributed by atoms with E-state index in [4.69, 9.17) is 9.90 Å². The minimum absolute atomic E-state index is 0.0821. The molecule has 0 rings (SSSR count).